The second kappa shape index (κ2) is 3.45. The average molecular weight is 172 g/mol. The highest BCUT2D eigenvalue weighted by Crippen LogP contribution is 2.06. The lowest BCUT2D eigenvalue weighted by Gasteiger charge is -2.10. The van der Waals surface area contributed by atoms with Gasteiger partial charge in [0.15, 0.2) is 5.01 Å². The molecule has 0 aliphatic heterocycles. The van der Waals surface area contributed by atoms with E-state index < -0.39 is 0 Å². The lowest BCUT2D eigenvalue weighted by atomic mass is 10.6. The number of hydrogen-bond donors (Lipinski definition) is 0. The van der Waals surface area contributed by atoms with Crippen LogP contribution >= 0.6 is 11.3 Å². The zero-order valence-electron chi connectivity index (χ0n) is 6.27. The zero-order chi connectivity index (χ0) is 8.27. The minimum absolute atomic E-state index is 0.220. The van der Waals surface area contributed by atoms with Crippen LogP contribution in [0.4, 0.5) is 0 Å². The molecule has 0 atom stereocenters. The number of nitrogens with zero attached hydrogens (tertiary/aromatic N) is 2. The van der Waals surface area contributed by atoms with Gasteiger partial charge in [0.1, 0.15) is 0 Å². The number of thiazole rings is 1. The SMILES string of the molecule is CON(C)C(=O)c1nccs1. The van der Waals surface area contributed by atoms with Gasteiger partial charge in [0.2, 0.25) is 0 Å². The molecule has 1 aromatic rings. The van der Waals surface area contributed by atoms with E-state index in [0.29, 0.717) is 5.01 Å². The zero-order valence-corrected chi connectivity index (χ0v) is 7.09. The van der Waals surface area contributed by atoms with Crippen molar-refractivity contribution in [2.75, 3.05) is 14.2 Å². The molecule has 60 valence electrons. The van der Waals surface area contributed by atoms with Gasteiger partial charge in [-0.25, -0.2) is 10.0 Å². The van der Waals surface area contributed by atoms with Crippen molar-refractivity contribution in [3.05, 3.63) is 16.6 Å². The summed E-state index contributed by atoms with van der Waals surface area (Å²) < 4.78 is 0. The van der Waals surface area contributed by atoms with E-state index in [0.717, 1.165) is 5.06 Å². The van der Waals surface area contributed by atoms with Gasteiger partial charge in [0, 0.05) is 18.6 Å². The van der Waals surface area contributed by atoms with Crippen LogP contribution in [-0.2, 0) is 4.84 Å². The van der Waals surface area contributed by atoms with Gasteiger partial charge in [0.05, 0.1) is 7.11 Å². The van der Waals surface area contributed by atoms with Crippen LogP contribution in [0.15, 0.2) is 11.6 Å². The van der Waals surface area contributed by atoms with Crippen LogP contribution < -0.4 is 0 Å². The summed E-state index contributed by atoms with van der Waals surface area (Å²) in [6, 6.07) is 0. The molecular weight excluding hydrogens is 164 g/mol. The molecule has 4 nitrogen and oxygen atoms in total. The van der Waals surface area contributed by atoms with Gasteiger partial charge in [-0.2, -0.15) is 0 Å². The maximum absolute atomic E-state index is 11.2. The molecule has 0 saturated heterocycles. The molecule has 0 saturated carbocycles. The molecule has 0 aliphatic rings. The van der Waals surface area contributed by atoms with E-state index in [4.69, 9.17) is 0 Å². The number of hydroxylamine groups is 2. The Labute approximate surface area is 68.4 Å². The predicted octanol–water partition coefficient (Wildman–Crippen LogP) is 0.777. The Bertz CT molecular complexity index is 235. The maximum Gasteiger partial charge on any atom is 0.306 e. The van der Waals surface area contributed by atoms with Gasteiger partial charge >= 0.3 is 5.91 Å². The van der Waals surface area contributed by atoms with E-state index in [1.54, 1.807) is 18.6 Å². The largest absolute Gasteiger partial charge is 0.306 e. The molecule has 0 bridgehead atoms. The smallest absolute Gasteiger partial charge is 0.274 e. The van der Waals surface area contributed by atoms with E-state index >= 15 is 0 Å². The molecule has 11 heavy (non-hydrogen) atoms. The van der Waals surface area contributed by atoms with Crippen molar-refractivity contribution >= 4 is 17.2 Å². The highest BCUT2D eigenvalue weighted by atomic mass is 32.1. The first-order valence-corrected chi connectivity index (χ1v) is 3.85. The normalized spacial score (nSPS) is 9.64. The van der Waals surface area contributed by atoms with Crippen molar-refractivity contribution in [1.82, 2.24) is 10.0 Å². The first kappa shape index (κ1) is 8.16. The van der Waals surface area contributed by atoms with Crippen LogP contribution in [-0.4, -0.2) is 30.1 Å². The van der Waals surface area contributed by atoms with Crippen molar-refractivity contribution in [3.63, 3.8) is 0 Å². The molecule has 0 fully saturated rings. The van der Waals surface area contributed by atoms with Crippen molar-refractivity contribution in [3.8, 4) is 0 Å². The molecule has 0 N–H and O–H groups in total. The van der Waals surface area contributed by atoms with Gasteiger partial charge in [-0.05, 0) is 0 Å². The van der Waals surface area contributed by atoms with Crippen molar-refractivity contribution in [2.24, 2.45) is 0 Å². The third-order valence-corrected chi connectivity index (χ3v) is 1.94. The fraction of sp³-hybridized carbons (Fsp3) is 0.333. The monoisotopic (exact) mass is 172 g/mol. The molecule has 0 radical (unpaired) electrons. The highest BCUT2D eigenvalue weighted by molar-refractivity contribution is 7.11. The van der Waals surface area contributed by atoms with Crippen LogP contribution in [0.1, 0.15) is 9.80 Å². The Hall–Kier alpha value is -0.940. The lowest BCUT2D eigenvalue weighted by Crippen LogP contribution is -2.25. The summed E-state index contributed by atoms with van der Waals surface area (Å²) >= 11 is 1.29. The topological polar surface area (TPSA) is 42.4 Å². The second-order valence-electron chi connectivity index (χ2n) is 1.82. The molecule has 0 aliphatic carbocycles. The summed E-state index contributed by atoms with van der Waals surface area (Å²) in [5.41, 5.74) is 0. The lowest BCUT2D eigenvalue weighted by molar-refractivity contribution is -0.0757. The van der Waals surface area contributed by atoms with Crippen LogP contribution in [0, 0.1) is 0 Å². The minimum atomic E-state index is -0.220. The molecular formula is C6H8N2O2S. The number of aromatic nitrogens is 1. The molecule has 1 aromatic heterocycles. The standard InChI is InChI=1S/C6H8N2O2S/c1-8(10-2)6(9)5-7-3-4-11-5/h3-4H,1-2H3. The van der Waals surface area contributed by atoms with Crippen LogP contribution in [0.2, 0.25) is 0 Å². The van der Waals surface area contributed by atoms with Gasteiger partial charge in [-0.15, -0.1) is 11.3 Å². The Morgan fingerprint density at radius 1 is 1.82 bits per heavy atom. The highest BCUT2D eigenvalue weighted by Gasteiger charge is 2.12. The summed E-state index contributed by atoms with van der Waals surface area (Å²) in [7, 11) is 2.98. The number of carbonyl (C=O) groups excluding carboxylic acids is 1. The Balaban J connectivity index is 2.70. The van der Waals surface area contributed by atoms with Gasteiger partial charge in [0.25, 0.3) is 0 Å². The third kappa shape index (κ3) is 1.75. The Kier molecular flexibility index (Phi) is 2.56. The van der Waals surface area contributed by atoms with Gasteiger partial charge < -0.3 is 0 Å². The fourth-order valence-corrected chi connectivity index (χ4v) is 1.15. The average Bonchev–Trinajstić information content (AvgIpc) is 2.53. The van der Waals surface area contributed by atoms with E-state index in [1.165, 1.54) is 18.4 Å². The first-order chi connectivity index (χ1) is 5.25. The number of amides is 1. The number of hydrogen-bond acceptors (Lipinski definition) is 4. The molecule has 1 rings (SSSR count). The van der Waals surface area contributed by atoms with E-state index in [9.17, 15) is 4.79 Å². The number of carbonyl (C=O) groups is 1. The quantitative estimate of drug-likeness (QED) is 0.619. The van der Waals surface area contributed by atoms with Crippen LogP contribution in [0.25, 0.3) is 0 Å². The van der Waals surface area contributed by atoms with E-state index in [2.05, 4.69) is 9.82 Å². The summed E-state index contributed by atoms with van der Waals surface area (Å²) in [5, 5.41) is 3.32. The molecule has 1 heterocycles. The summed E-state index contributed by atoms with van der Waals surface area (Å²) in [6.45, 7) is 0. The molecule has 0 spiro atoms. The second-order valence-corrected chi connectivity index (χ2v) is 2.72. The molecule has 0 unspecified atom stereocenters. The molecule has 1 amide bonds. The Morgan fingerprint density at radius 2 is 2.55 bits per heavy atom. The maximum atomic E-state index is 11.2. The minimum Gasteiger partial charge on any atom is -0.274 e. The van der Waals surface area contributed by atoms with E-state index in [-0.39, 0.29) is 5.91 Å². The third-order valence-electron chi connectivity index (χ3n) is 1.18. The van der Waals surface area contributed by atoms with Crippen molar-refractivity contribution in [1.29, 1.82) is 0 Å². The first-order valence-electron chi connectivity index (χ1n) is 2.97. The van der Waals surface area contributed by atoms with Crippen molar-refractivity contribution in [2.45, 2.75) is 0 Å². The number of rotatable bonds is 2. The van der Waals surface area contributed by atoms with Gasteiger partial charge in [-0.3, -0.25) is 9.63 Å². The molecule has 5 heteroatoms. The summed E-state index contributed by atoms with van der Waals surface area (Å²) in [4.78, 5) is 19.7. The van der Waals surface area contributed by atoms with Crippen molar-refractivity contribution < 1.29 is 9.63 Å². The molecule has 0 aromatic carbocycles. The van der Waals surface area contributed by atoms with Gasteiger partial charge in [-0.1, -0.05) is 0 Å². The summed E-state index contributed by atoms with van der Waals surface area (Å²) in [6.07, 6.45) is 1.58. The fourth-order valence-electron chi connectivity index (χ4n) is 0.547. The Morgan fingerprint density at radius 3 is 3.00 bits per heavy atom. The van der Waals surface area contributed by atoms with E-state index in [1.807, 2.05) is 0 Å². The van der Waals surface area contributed by atoms with Crippen LogP contribution in [0.5, 0.6) is 0 Å². The van der Waals surface area contributed by atoms with Crippen LogP contribution in [0.3, 0.4) is 0 Å². The predicted molar refractivity (Wildman–Crippen MR) is 41.2 cm³/mol. The summed E-state index contributed by atoms with van der Waals surface area (Å²) in [5.74, 6) is -0.220.